The molecule has 410 valence electrons. The van der Waals surface area contributed by atoms with Gasteiger partial charge in [-0.1, -0.05) is 78.0 Å². The Morgan fingerprint density at radius 3 is 1.74 bits per heavy atom. The first-order valence-electron chi connectivity index (χ1n) is 23.9. The maximum atomic E-state index is 14.1. The molecule has 2 fully saturated rings. The van der Waals surface area contributed by atoms with Crippen LogP contribution in [-0.4, -0.2) is 122 Å². The van der Waals surface area contributed by atoms with Gasteiger partial charge < -0.3 is 45.3 Å². The lowest BCUT2D eigenvalue weighted by Gasteiger charge is -2.34. The SMILES string of the molecule is COc1ccc(S(=O)(=O)N(C[C@@H](O)[C@@H](N)Cc2ccccc2)OC2CCCC2)cc1.COc1ccc(S(=O)(=O)N(Cc2ccccc2)[C@H](NC(=O)OC(C)(C)C)[C@@H](C)O)cc1OC1CCCC1.O=C(O)C(F)(F)F. The first kappa shape index (κ1) is 61.0. The minimum absolute atomic E-state index is 0.00803. The van der Waals surface area contributed by atoms with Crippen molar-refractivity contribution in [1.29, 1.82) is 0 Å². The fourth-order valence-electron chi connectivity index (χ4n) is 7.72. The number of halogens is 3. The molecule has 0 heterocycles. The molecule has 23 heteroatoms. The van der Waals surface area contributed by atoms with E-state index in [4.69, 9.17) is 39.4 Å². The van der Waals surface area contributed by atoms with Gasteiger partial charge in [0.25, 0.3) is 10.0 Å². The average Bonchev–Trinajstić information content (AvgIpc) is 4.08. The molecule has 4 aromatic rings. The molecule has 4 aromatic carbocycles. The molecule has 74 heavy (non-hydrogen) atoms. The van der Waals surface area contributed by atoms with Crippen LogP contribution in [0.15, 0.2) is 113 Å². The number of carbonyl (C=O) groups excluding carboxylic acids is 1. The van der Waals surface area contributed by atoms with Crippen molar-refractivity contribution in [3.05, 3.63) is 114 Å². The summed E-state index contributed by atoms with van der Waals surface area (Å²) in [6, 6.07) is 28.4. The van der Waals surface area contributed by atoms with E-state index in [0.717, 1.165) is 65.7 Å². The number of aliphatic hydroxyl groups is 2. The minimum Gasteiger partial charge on any atom is -0.497 e. The van der Waals surface area contributed by atoms with Crippen LogP contribution >= 0.6 is 0 Å². The number of aliphatic hydroxyl groups excluding tert-OH is 2. The number of hydrogen-bond acceptors (Lipinski definition) is 14. The second-order valence-electron chi connectivity index (χ2n) is 18.6. The summed E-state index contributed by atoms with van der Waals surface area (Å²) in [4.78, 5) is 27.4. The summed E-state index contributed by atoms with van der Waals surface area (Å²) in [5.41, 5.74) is 7.03. The van der Waals surface area contributed by atoms with E-state index in [1.165, 1.54) is 45.4 Å². The molecule has 0 saturated heterocycles. The number of aliphatic carboxylic acids is 1. The molecule has 6 rings (SSSR count). The summed E-state index contributed by atoms with van der Waals surface area (Å²) < 4.78 is 110. The van der Waals surface area contributed by atoms with Gasteiger partial charge in [0.15, 0.2) is 11.5 Å². The van der Waals surface area contributed by atoms with Gasteiger partial charge in [0.2, 0.25) is 10.0 Å². The number of ether oxygens (including phenoxy) is 4. The second-order valence-corrected chi connectivity index (χ2v) is 22.3. The maximum absolute atomic E-state index is 14.1. The third kappa shape index (κ3) is 19.0. The van der Waals surface area contributed by atoms with Crippen LogP contribution in [0.1, 0.15) is 90.2 Å². The van der Waals surface area contributed by atoms with Crippen LogP contribution in [0.2, 0.25) is 0 Å². The van der Waals surface area contributed by atoms with E-state index in [1.54, 1.807) is 63.2 Å². The highest BCUT2D eigenvalue weighted by Gasteiger charge is 2.39. The van der Waals surface area contributed by atoms with Crippen molar-refractivity contribution in [3.63, 3.8) is 0 Å². The minimum atomic E-state index is -5.08. The van der Waals surface area contributed by atoms with Crippen molar-refractivity contribution in [3.8, 4) is 17.2 Å². The quantitative estimate of drug-likeness (QED) is 0.0423. The van der Waals surface area contributed by atoms with E-state index in [9.17, 15) is 45.0 Å². The number of carboxylic acids is 1. The highest BCUT2D eigenvalue weighted by Crippen LogP contribution is 2.35. The normalized spacial score (nSPS) is 16.2. The fourth-order valence-corrected chi connectivity index (χ4v) is 10.6. The predicted molar refractivity (Wildman–Crippen MR) is 268 cm³/mol. The molecule has 0 bridgehead atoms. The van der Waals surface area contributed by atoms with Crippen molar-refractivity contribution in [2.45, 2.75) is 150 Å². The number of hydrogen-bond donors (Lipinski definition) is 5. The lowest BCUT2D eigenvalue weighted by Crippen LogP contribution is -2.56. The van der Waals surface area contributed by atoms with Gasteiger partial charge in [0.05, 0.1) is 55.0 Å². The summed E-state index contributed by atoms with van der Waals surface area (Å²) in [5, 5.41) is 31.0. The summed E-state index contributed by atoms with van der Waals surface area (Å²) in [7, 11) is -5.20. The Morgan fingerprint density at radius 2 is 1.26 bits per heavy atom. The maximum Gasteiger partial charge on any atom is 0.490 e. The van der Waals surface area contributed by atoms with Crippen molar-refractivity contribution in [2.75, 3.05) is 20.8 Å². The Balaban J connectivity index is 0.000000288. The van der Waals surface area contributed by atoms with Crippen LogP contribution in [0.4, 0.5) is 18.0 Å². The van der Waals surface area contributed by atoms with Gasteiger partial charge in [-0.05, 0) is 120 Å². The lowest BCUT2D eigenvalue weighted by molar-refractivity contribution is -0.192. The number of carboxylic acid groups (broad SMARTS) is 1. The zero-order chi connectivity index (χ0) is 54.9. The molecule has 1 amide bonds. The number of rotatable bonds is 20. The molecule has 0 unspecified atom stereocenters. The van der Waals surface area contributed by atoms with E-state index in [0.29, 0.717) is 29.2 Å². The molecule has 2 saturated carbocycles. The number of benzene rings is 4. The number of sulfonamides is 2. The lowest BCUT2D eigenvalue weighted by atomic mass is 10.0. The Kier molecular flexibility index (Phi) is 23.0. The number of alkyl carbamates (subject to hydrolysis) is 1. The first-order chi connectivity index (χ1) is 34.7. The summed E-state index contributed by atoms with van der Waals surface area (Å²) in [5.74, 6) is -1.43. The van der Waals surface area contributed by atoms with Crippen LogP contribution < -0.4 is 25.3 Å². The van der Waals surface area contributed by atoms with Crippen molar-refractivity contribution < 1.29 is 78.7 Å². The molecule has 6 N–H and O–H groups in total. The second kappa shape index (κ2) is 27.8. The van der Waals surface area contributed by atoms with Crippen LogP contribution in [0, 0.1) is 0 Å². The summed E-state index contributed by atoms with van der Waals surface area (Å²) >= 11 is 0. The molecular weight excluding hydrogens is 1010 g/mol. The molecule has 0 spiro atoms. The summed E-state index contributed by atoms with van der Waals surface area (Å²) in [6.07, 6.45) is -1.84. The number of alkyl halides is 3. The van der Waals surface area contributed by atoms with E-state index in [2.05, 4.69) is 5.32 Å². The number of amides is 1. The Labute approximate surface area is 431 Å². The number of nitrogens with one attached hydrogen (secondary N) is 1. The third-order valence-corrected chi connectivity index (χ3v) is 15.0. The van der Waals surface area contributed by atoms with E-state index in [1.807, 2.05) is 36.4 Å². The van der Waals surface area contributed by atoms with Crippen LogP contribution in [0.25, 0.3) is 0 Å². The van der Waals surface area contributed by atoms with Crippen LogP contribution in [0.5, 0.6) is 17.2 Å². The number of nitrogens with two attached hydrogens (primary N) is 1. The number of carbonyl (C=O) groups is 2. The molecule has 2 aliphatic carbocycles. The molecule has 0 radical (unpaired) electrons. The van der Waals surface area contributed by atoms with E-state index < -0.39 is 68.3 Å². The van der Waals surface area contributed by atoms with Crippen molar-refractivity contribution in [2.24, 2.45) is 5.73 Å². The fraction of sp³-hybridized carbons (Fsp3) is 0.490. The molecular formula is C51H69F3N4O14S2. The topological polar surface area (TPSA) is 254 Å². The number of hydroxylamine groups is 1. The Morgan fingerprint density at radius 1 is 0.743 bits per heavy atom. The molecule has 2 aliphatic rings. The molecule has 4 atom stereocenters. The van der Waals surface area contributed by atoms with Gasteiger partial charge >= 0.3 is 18.2 Å². The molecule has 18 nitrogen and oxygen atoms in total. The highest BCUT2D eigenvalue weighted by molar-refractivity contribution is 7.89. The Bertz CT molecular complexity index is 2580. The predicted octanol–water partition coefficient (Wildman–Crippen LogP) is 7.56. The van der Waals surface area contributed by atoms with Gasteiger partial charge in [-0.15, -0.1) is 0 Å². The smallest absolute Gasteiger partial charge is 0.490 e. The van der Waals surface area contributed by atoms with E-state index in [-0.39, 0.29) is 35.1 Å². The molecule has 0 aliphatic heterocycles. The van der Waals surface area contributed by atoms with Gasteiger partial charge in [-0.25, -0.2) is 26.4 Å². The monoisotopic (exact) mass is 1080 g/mol. The third-order valence-electron chi connectivity index (χ3n) is 11.5. The first-order valence-corrected chi connectivity index (χ1v) is 26.8. The van der Waals surface area contributed by atoms with Gasteiger partial charge in [0, 0.05) is 18.7 Å². The highest BCUT2D eigenvalue weighted by atomic mass is 32.2. The van der Waals surface area contributed by atoms with Crippen molar-refractivity contribution >= 4 is 32.1 Å². The molecule has 0 aromatic heterocycles. The standard InChI is InChI=1S/C27H38N2O7S.C22H30N2O5S.C2HF3O2/c1-19(30)25(28-26(31)36-27(2,3)4)29(18-20-11-7-6-8-12-20)37(32,33)22-15-16-23(34-5)24(17-22)35-21-13-9-10-14-21;1-28-18-11-13-20(14-12-18)30(26,27)24(29-19-9-5-6-10-19)16-22(25)21(23)15-17-7-3-2-4-8-17;3-2(4,5)1(6)7/h6-8,11-12,15-17,19,21,25,30H,9-10,13-14,18H2,1-5H3,(H,28,31);2-4,7-8,11-14,19,21-22,25H,5-6,9-10,15-16,23H2,1H3;(H,6,7)/t19-,25+;21-,22+;/m10./s1. The number of nitrogens with zero attached hydrogens (tertiary/aromatic N) is 2. The van der Waals surface area contributed by atoms with Crippen LogP contribution in [-0.2, 0) is 47.4 Å². The number of methoxy groups -OCH3 is 2. The Hall–Kier alpha value is -5.53. The van der Waals surface area contributed by atoms with Gasteiger partial charge in [-0.2, -0.15) is 17.5 Å². The zero-order valence-electron chi connectivity index (χ0n) is 42.3. The van der Waals surface area contributed by atoms with Gasteiger partial charge in [0.1, 0.15) is 17.5 Å². The van der Waals surface area contributed by atoms with Gasteiger partial charge in [-0.3, -0.25) is 4.84 Å². The summed E-state index contributed by atoms with van der Waals surface area (Å²) in [6.45, 7) is 6.18. The average molecular weight is 1080 g/mol. The largest absolute Gasteiger partial charge is 0.497 e. The van der Waals surface area contributed by atoms with Crippen LogP contribution in [0.3, 0.4) is 0 Å². The van der Waals surface area contributed by atoms with Crippen molar-refractivity contribution in [1.82, 2.24) is 14.1 Å². The van der Waals surface area contributed by atoms with E-state index >= 15 is 0 Å². The zero-order valence-corrected chi connectivity index (χ0v) is 43.9.